The Hall–Kier alpha value is -2.09. The highest BCUT2D eigenvalue weighted by atomic mass is 16.5. The fraction of sp³-hybridized carbons (Fsp3) is 0.300. The van der Waals surface area contributed by atoms with Crippen molar-refractivity contribution in [2.45, 2.75) is 0 Å². The zero-order chi connectivity index (χ0) is 11.4. The van der Waals surface area contributed by atoms with E-state index in [-0.39, 0.29) is 11.3 Å². The second-order valence-electron chi connectivity index (χ2n) is 2.72. The summed E-state index contributed by atoms with van der Waals surface area (Å²) < 4.78 is 15.2. The maximum atomic E-state index is 8.91. The number of benzene rings is 1. The van der Waals surface area contributed by atoms with Crippen LogP contribution in [0.5, 0.6) is 17.2 Å². The van der Waals surface area contributed by atoms with E-state index in [1.165, 1.54) is 27.4 Å². The first-order valence-electron chi connectivity index (χ1n) is 4.18. The summed E-state index contributed by atoms with van der Waals surface area (Å²) in [6.45, 7) is 0. The van der Waals surface area contributed by atoms with Gasteiger partial charge >= 0.3 is 0 Å². The topological polar surface area (TPSA) is 77.5 Å². The molecule has 0 aliphatic rings. The molecule has 0 atom stereocenters. The van der Waals surface area contributed by atoms with Crippen LogP contribution in [0.2, 0.25) is 0 Å². The molecule has 0 saturated carbocycles. The molecule has 1 aromatic carbocycles. The summed E-state index contributed by atoms with van der Waals surface area (Å²) in [5.74, 6) is 1.09. The second-order valence-corrected chi connectivity index (χ2v) is 2.72. The third kappa shape index (κ3) is 1.74. The molecule has 2 N–H and O–H groups in total. The van der Waals surface area contributed by atoms with E-state index >= 15 is 0 Å². The quantitative estimate of drug-likeness (QED) is 0.754. The van der Waals surface area contributed by atoms with E-state index in [0.29, 0.717) is 17.2 Å². The third-order valence-corrected chi connectivity index (χ3v) is 1.97. The first kappa shape index (κ1) is 11.0. The molecular weight excluding hydrogens is 196 g/mol. The molecule has 0 amide bonds. The van der Waals surface area contributed by atoms with Gasteiger partial charge < -0.3 is 19.9 Å². The van der Waals surface area contributed by atoms with Crippen LogP contribution >= 0.6 is 0 Å². The number of anilines is 1. The van der Waals surface area contributed by atoms with Gasteiger partial charge in [0.15, 0.2) is 11.5 Å². The van der Waals surface area contributed by atoms with Crippen LogP contribution in [0, 0.1) is 11.3 Å². The molecule has 0 unspecified atom stereocenters. The van der Waals surface area contributed by atoms with Gasteiger partial charge in [0.1, 0.15) is 11.6 Å². The molecule has 0 aliphatic heterocycles. The number of ether oxygens (including phenoxy) is 3. The van der Waals surface area contributed by atoms with Crippen molar-refractivity contribution in [1.82, 2.24) is 0 Å². The smallest absolute Gasteiger partial charge is 0.204 e. The summed E-state index contributed by atoms with van der Waals surface area (Å²) in [4.78, 5) is 0. The average molecular weight is 208 g/mol. The van der Waals surface area contributed by atoms with Crippen molar-refractivity contribution < 1.29 is 14.2 Å². The van der Waals surface area contributed by atoms with Crippen molar-refractivity contribution in [2.24, 2.45) is 0 Å². The third-order valence-electron chi connectivity index (χ3n) is 1.97. The highest BCUT2D eigenvalue weighted by molar-refractivity contribution is 5.71. The van der Waals surface area contributed by atoms with E-state index in [1.54, 1.807) is 0 Å². The lowest BCUT2D eigenvalue weighted by Crippen LogP contribution is -2.00. The average Bonchev–Trinajstić information content (AvgIpc) is 2.27. The number of hydrogen-bond donors (Lipinski definition) is 1. The van der Waals surface area contributed by atoms with E-state index in [9.17, 15) is 0 Å². The molecule has 0 radical (unpaired) electrons. The SMILES string of the molecule is COc1cc(N)c(C#N)c(OC)c1OC. The molecule has 1 rings (SSSR count). The predicted octanol–water partition coefficient (Wildman–Crippen LogP) is 1.17. The lowest BCUT2D eigenvalue weighted by Gasteiger charge is -2.14. The molecule has 0 saturated heterocycles. The summed E-state index contributed by atoms with van der Waals surface area (Å²) in [5.41, 5.74) is 6.21. The van der Waals surface area contributed by atoms with Gasteiger partial charge in [-0.3, -0.25) is 0 Å². The van der Waals surface area contributed by atoms with Crippen molar-refractivity contribution >= 4 is 5.69 Å². The minimum Gasteiger partial charge on any atom is -0.493 e. The minimum absolute atomic E-state index is 0.246. The van der Waals surface area contributed by atoms with Gasteiger partial charge in [-0.25, -0.2) is 0 Å². The number of nitriles is 1. The van der Waals surface area contributed by atoms with Crippen LogP contribution < -0.4 is 19.9 Å². The van der Waals surface area contributed by atoms with Crippen molar-refractivity contribution in [3.63, 3.8) is 0 Å². The highest BCUT2D eigenvalue weighted by Gasteiger charge is 2.18. The van der Waals surface area contributed by atoms with Crippen LogP contribution in [0.4, 0.5) is 5.69 Å². The predicted molar refractivity (Wildman–Crippen MR) is 55.2 cm³/mol. The lowest BCUT2D eigenvalue weighted by atomic mass is 10.1. The van der Waals surface area contributed by atoms with E-state index in [2.05, 4.69) is 0 Å². The fourth-order valence-corrected chi connectivity index (χ4v) is 1.29. The second kappa shape index (κ2) is 4.42. The standard InChI is InChI=1S/C10H12N2O3/c1-13-8-4-7(12)6(5-11)9(14-2)10(8)15-3/h4H,12H2,1-3H3. The zero-order valence-corrected chi connectivity index (χ0v) is 8.83. The van der Waals surface area contributed by atoms with Crippen molar-refractivity contribution in [2.75, 3.05) is 27.1 Å². The largest absolute Gasteiger partial charge is 0.493 e. The van der Waals surface area contributed by atoms with Gasteiger partial charge in [0, 0.05) is 6.07 Å². The van der Waals surface area contributed by atoms with E-state index in [4.69, 9.17) is 25.2 Å². The number of hydrogen-bond acceptors (Lipinski definition) is 5. The first-order chi connectivity index (χ1) is 7.19. The van der Waals surface area contributed by atoms with Crippen LogP contribution in [0.3, 0.4) is 0 Å². The summed E-state index contributed by atoms with van der Waals surface area (Å²) in [5, 5.41) is 8.91. The van der Waals surface area contributed by atoms with E-state index in [0.717, 1.165) is 0 Å². The molecule has 1 aromatic rings. The maximum Gasteiger partial charge on any atom is 0.204 e. The molecule has 15 heavy (non-hydrogen) atoms. The van der Waals surface area contributed by atoms with Crippen molar-refractivity contribution in [1.29, 1.82) is 5.26 Å². The molecule has 5 nitrogen and oxygen atoms in total. The van der Waals surface area contributed by atoms with Crippen LogP contribution in [0.15, 0.2) is 6.07 Å². The number of nitrogens with zero attached hydrogens (tertiary/aromatic N) is 1. The molecule has 0 spiro atoms. The van der Waals surface area contributed by atoms with Gasteiger partial charge in [-0.15, -0.1) is 0 Å². The number of nitrogen functional groups attached to an aromatic ring is 1. The molecule has 0 heterocycles. The minimum atomic E-state index is 0.246. The van der Waals surface area contributed by atoms with E-state index < -0.39 is 0 Å². The molecule has 0 aliphatic carbocycles. The molecule has 0 bridgehead atoms. The lowest BCUT2D eigenvalue weighted by molar-refractivity contribution is 0.324. The molecule has 0 fully saturated rings. The summed E-state index contributed by atoms with van der Waals surface area (Å²) >= 11 is 0. The Morgan fingerprint density at radius 3 is 2.13 bits per heavy atom. The fourth-order valence-electron chi connectivity index (χ4n) is 1.29. The maximum absolute atomic E-state index is 8.91. The van der Waals surface area contributed by atoms with Crippen molar-refractivity contribution in [3.8, 4) is 23.3 Å². The van der Waals surface area contributed by atoms with Gasteiger partial charge in [-0.05, 0) is 0 Å². The van der Waals surface area contributed by atoms with Gasteiger partial charge in [0.05, 0.1) is 27.0 Å². The van der Waals surface area contributed by atoms with Crippen molar-refractivity contribution in [3.05, 3.63) is 11.6 Å². The number of nitrogens with two attached hydrogens (primary N) is 1. The molecule has 5 heteroatoms. The van der Waals surface area contributed by atoms with Crippen LogP contribution in [-0.4, -0.2) is 21.3 Å². The van der Waals surface area contributed by atoms with Gasteiger partial charge in [-0.1, -0.05) is 0 Å². The Morgan fingerprint density at radius 1 is 1.13 bits per heavy atom. The van der Waals surface area contributed by atoms with Crippen LogP contribution in [-0.2, 0) is 0 Å². The summed E-state index contributed by atoms with van der Waals surface area (Å²) in [7, 11) is 4.40. The molecular formula is C10H12N2O3. The van der Waals surface area contributed by atoms with Gasteiger partial charge in [0.25, 0.3) is 0 Å². The van der Waals surface area contributed by atoms with E-state index in [1.807, 2.05) is 6.07 Å². The Bertz CT molecular complexity index is 410. The van der Waals surface area contributed by atoms with Crippen LogP contribution in [0.25, 0.3) is 0 Å². The Balaban J connectivity index is 3.53. The highest BCUT2D eigenvalue weighted by Crippen LogP contribution is 2.42. The first-order valence-corrected chi connectivity index (χ1v) is 4.18. The van der Waals surface area contributed by atoms with Gasteiger partial charge in [0.2, 0.25) is 5.75 Å². The Kier molecular flexibility index (Phi) is 3.24. The Labute approximate surface area is 88.0 Å². The summed E-state index contributed by atoms with van der Waals surface area (Å²) in [6.07, 6.45) is 0. The van der Waals surface area contributed by atoms with Crippen LogP contribution in [0.1, 0.15) is 5.56 Å². The number of rotatable bonds is 3. The summed E-state index contributed by atoms with van der Waals surface area (Å²) in [6, 6.07) is 3.48. The Morgan fingerprint density at radius 2 is 1.73 bits per heavy atom. The molecule has 80 valence electrons. The zero-order valence-electron chi connectivity index (χ0n) is 8.83. The normalized spacial score (nSPS) is 9.20. The van der Waals surface area contributed by atoms with Gasteiger partial charge in [-0.2, -0.15) is 5.26 Å². The number of methoxy groups -OCH3 is 3. The molecule has 0 aromatic heterocycles. The monoisotopic (exact) mass is 208 g/mol.